The maximum absolute atomic E-state index is 13.3. The molecule has 1 saturated heterocycles. The molecule has 1 spiro atoms. The largest absolute Gasteiger partial charge is 0.504 e. The van der Waals surface area contributed by atoms with Crippen molar-refractivity contribution in [3.8, 4) is 11.5 Å². The number of ether oxygens (including phenoxy) is 2. The summed E-state index contributed by atoms with van der Waals surface area (Å²) in [6.45, 7) is 0.640. The average molecular weight is 387 g/mol. The van der Waals surface area contributed by atoms with Gasteiger partial charge in [-0.1, -0.05) is 30.3 Å². The first-order valence-electron chi connectivity index (χ1n) is 9.99. The highest BCUT2D eigenvalue weighted by Crippen LogP contribution is 2.62. The first-order valence-corrected chi connectivity index (χ1v) is 9.99. The zero-order chi connectivity index (χ0) is 19.8. The Balaban J connectivity index is 1.53. The molecule has 1 amide bonds. The molecule has 4 aliphatic rings. The van der Waals surface area contributed by atoms with E-state index in [2.05, 4.69) is 6.08 Å². The highest BCUT2D eigenvalue weighted by molar-refractivity contribution is 5.95. The van der Waals surface area contributed by atoms with Gasteiger partial charge in [-0.25, -0.2) is 0 Å². The molecule has 2 aromatic rings. The Hall–Kier alpha value is -3.21. The van der Waals surface area contributed by atoms with Crippen LogP contribution in [-0.2, 0) is 16.6 Å². The van der Waals surface area contributed by atoms with Crippen molar-refractivity contribution in [2.75, 3.05) is 13.7 Å². The second kappa shape index (κ2) is 5.66. The summed E-state index contributed by atoms with van der Waals surface area (Å²) in [5.74, 6) is 1.57. The first kappa shape index (κ1) is 16.7. The lowest BCUT2D eigenvalue weighted by Crippen LogP contribution is -2.60. The Bertz CT molecular complexity index is 1100. The van der Waals surface area contributed by atoms with E-state index in [0.29, 0.717) is 17.9 Å². The molecule has 5 heteroatoms. The number of amides is 1. The van der Waals surface area contributed by atoms with Gasteiger partial charge in [-0.2, -0.15) is 0 Å². The van der Waals surface area contributed by atoms with Gasteiger partial charge in [-0.15, -0.1) is 0 Å². The van der Waals surface area contributed by atoms with Crippen molar-refractivity contribution in [2.24, 2.45) is 0 Å². The normalized spacial score (nSPS) is 28.1. The summed E-state index contributed by atoms with van der Waals surface area (Å²) in [7, 11) is 1.66. The van der Waals surface area contributed by atoms with Crippen LogP contribution in [0.1, 0.15) is 27.9 Å². The predicted octanol–water partition coefficient (Wildman–Crippen LogP) is 3.33. The van der Waals surface area contributed by atoms with Crippen LogP contribution in [0.4, 0.5) is 0 Å². The summed E-state index contributed by atoms with van der Waals surface area (Å²) in [5.41, 5.74) is 3.75. The van der Waals surface area contributed by atoms with Gasteiger partial charge >= 0.3 is 0 Å². The molecule has 2 aromatic carbocycles. The standard InChI is InChI=1S/C24H21NO4/c1-28-19-10-8-16-17-13-15-7-9-18(26)21-20(15)24(16,22(19)29-21)11-12-25(17)23(27)14-5-3-2-4-6-14/h2-10,17,22,26H,11-13H2,1H3/t17?,22?,24-/m0/s1. The molecule has 1 N–H and O–H groups in total. The number of phenols is 1. The van der Waals surface area contributed by atoms with Crippen molar-refractivity contribution in [2.45, 2.75) is 30.4 Å². The summed E-state index contributed by atoms with van der Waals surface area (Å²) in [6.07, 6.45) is 5.22. The summed E-state index contributed by atoms with van der Waals surface area (Å²) < 4.78 is 12.0. The van der Waals surface area contributed by atoms with Gasteiger partial charge < -0.3 is 19.5 Å². The quantitative estimate of drug-likeness (QED) is 0.859. The van der Waals surface area contributed by atoms with Crippen molar-refractivity contribution in [3.63, 3.8) is 0 Å². The number of nitrogens with zero attached hydrogens (tertiary/aromatic N) is 1. The number of hydrogen-bond donors (Lipinski definition) is 1. The van der Waals surface area contributed by atoms with Crippen LogP contribution in [0.25, 0.3) is 0 Å². The number of piperidine rings is 1. The van der Waals surface area contributed by atoms with E-state index in [1.807, 2.05) is 47.4 Å². The maximum atomic E-state index is 13.3. The lowest BCUT2D eigenvalue weighted by molar-refractivity contribution is 0.0468. The van der Waals surface area contributed by atoms with E-state index in [4.69, 9.17) is 9.47 Å². The van der Waals surface area contributed by atoms with Crippen LogP contribution in [0.15, 0.2) is 65.9 Å². The summed E-state index contributed by atoms with van der Waals surface area (Å²) >= 11 is 0. The Kier molecular flexibility index (Phi) is 3.26. The van der Waals surface area contributed by atoms with Gasteiger partial charge in [0, 0.05) is 17.7 Å². The third kappa shape index (κ3) is 1.97. The Labute approximate surface area is 168 Å². The molecule has 0 saturated carbocycles. The highest BCUT2D eigenvalue weighted by atomic mass is 16.5. The van der Waals surface area contributed by atoms with Gasteiger partial charge in [0.15, 0.2) is 17.6 Å². The molecular formula is C24H21NO4. The fourth-order valence-corrected chi connectivity index (χ4v) is 5.77. The molecule has 2 heterocycles. The number of rotatable bonds is 2. The molecule has 2 bridgehead atoms. The van der Waals surface area contributed by atoms with E-state index >= 15 is 0 Å². The molecule has 29 heavy (non-hydrogen) atoms. The van der Waals surface area contributed by atoms with Crippen LogP contribution in [-0.4, -0.2) is 41.7 Å². The SMILES string of the molecule is COC1=CC=C2C3Cc4ccc(O)c5c4[C@@]2(CCN3C(=O)c2ccccc2)C1O5. The molecule has 0 aromatic heterocycles. The smallest absolute Gasteiger partial charge is 0.254 e. The molecule has 2 aliphatic heterocycles. The monoisotopic (exact) mass is 387 g/mol. The Morgan fingerprint density at radius 1 is 1.21 bits per heavy atom. The van der Waals surface area contributed by atoms with Crippen LogP contribution in [0, 0.1) is 0 Å². The van der Waals surface area contributed by atoms with Crippen molar-refractivity contribution in [1.82, 2.24) is 4.90 Å². The van der Waals surface area contributed by atoms with Crippen molar-refractivity contribution < 1.29 is 19.4 Å². The van der Waals surface area contributed by atoms with Crippen LogP contribution >= 0.6 is 0 Å². The van der Waals surface area contributed by atoms with E-state index in [-0.39, 0.29) is 29.2 Å². The number of allylic oxidation sites excluding steroid dienone is 2. The zero-order valence-corrected chi connectivity index (χ0v) is 16.1. The molecule has 2 aliphatic carbocycles. The fourth-order valence-electron chi connectivity index (χ4n) is 5.77. The number of carbonyl (C=O) groups is 1. The predicted molar refractivity (Wildman–Crippen MR) is 107 cm³/mol. The van der Waals surface area contributed by atoms with Crippen molar-refractivity contribution in [1.29, 1.82) is 0 Å². The van der Waals surface area contributed by atoms with Crippen molar-refractivity contribution >= 4 is 5.91 Å². The van der Waals surface area contributed by atoms with Gasteiger partial charge in [0.05, 0.1) is 18.6 Å². The van der Waals surface area contributed by atoms with E-state index in [9.17, 15) is 9.90 Å². The Morgan fingerprint density at radius 2 is 2.03 bits per heavy atom. The van der Waals surface area contributed by atoms with Crippen LogP contribution in [0.3, 0.4) is 0 Å². The summed E-state index contributed by atoms with van der Waals surface area (Å²) in [4.78, 5) is 15.3. The van der Waals surface area contributed by atoms with Gasteiger partial charge in [-0.3, -0.25) is 4.79 Å². The molecule has 6 rings (SSSR count). The average Bonchev–Trinajstić information content (AvgIpc) is 3.10. The van der Waals surface area contributed by atoms with Crippen LogP contribution in [0.2, 0.25) is 0 Å². The van der Waals surface area contributed by atoms with E-state index in [0.717, 1.165) is 29.7 Å². The second-order valence-electron chi connectivity index (χ2n) is 8.15. The molecule has 3 atom stereocenters. The van der Waals surface area contributed by atoms with Crippen LogP contribution < -0.4 is 4.74 Å². The second-order valence-corrected chi connectivity index (χ2v) is 8.15. The lowest BCUT2D eigenvalue weighted by Gasteiger charge is -2.53. The third-order valence-corrected chi connectivity index (χ3v) is 6.97. The number of aromatic hydroxyl groups is 1. The molecule has 5 nitrogen and oxygen atoms in total. The minimum absolute atomic E-state index is 0.0276. The van der Waals surface area contributed by atoms with E-state index < -0.39 is 0 Å². The molecular weight excluding hydrogens is 366 g/mol. The first-order chi connectivity index (χ1) is 14.1. The summed E-state index contributed by atoms with van der Waals surface area (Å²) in [6, 6.07) is 13.1. The lowest BCUT2D eigenvalue weighted by atomic mass is 9.57. The number of methoxy groups -OCH3 is 1. The summed E-state index contributed by atoms with van der Waals surface area (Å²) in [5, 5.41) is 10.5. The highest BCUT2D eigenvalue weighted by Gasteiger charge is 2.62. The zero-order valence-electron chi connectivity index (χ0n) is 16.1. The minimum Gasteiger partial charge on any atom is -0.504 e. The van der Waals surface area contributed by atoms with Gasteiger partial charge in [0.1, 0.15) is 5.76 Å². The molecule has 146 valence electrons. The van der Waals surface area contributed by atoms with Crippen LogP contribution in [0.5, 0.6) is 11.5 Å². The number of hydrogen-bond acceptors (Lipinski definition) is 4. The number of phenolic OH excluding ortho intramolecular Hbond substituents is 1. The number of carbonyl (C=O) groups excluding carboxylic acids is 1. The van der Waals surface area contributed by atoms with Gasteiger partial charge in [0.2, 0.25) is 0 Å². The van der Waals surface area contributed by atoms with Gasteiger partial charge in [-0.05, 0) is 48.3 Å². The third-order valence-electron chi connectivity index (χ3n) is 6.97. The minimum atomic E-state index is -0.375. The van der Waals surface area contributed by atoms with E-state index in [1.165, 1.54) is 5.57 Å². The molecule has 0 radical (unpaired) electrons. The maximum Gasteiger partial charge on any atom is 0.254 e. The topological polar surface area (TPSA) is 59.0 Å². The van der Waals surface area contributed by atoms with E-state index in [1.54, 1.807) is 13.2 Å². The number of likely N-dealkylation sites (tertiary alicyclic amines) is 1. The van der Waals surface area contributed by atoms with Gasteiger partial charge in [0.25, 0.3) is 5.91 Å². The fraction of sp³-hybridized carbons (Fsp3) is 0.292. The molecule has 1 fully saturated rings. The number of benzene rings is 2. The Morgan fingerprint density at radius 3 is 2.83 bits per heavy atom. The molecule has 2 unspecified atom stereocenters. The van der Waals surface area contributed by atoms with Crippen molar-refractivity contribution in [3.05, 3.63) is 82.6 Å².